The SMILES string of the molecule is CCCC[C@H](CC)CN1CCCN[C@]1(C)c1ccccc1. The van der Waals surface area contributed by atoms with Crippen LogP contribution in [0, 0.1) is 5.92 Å². The van der Waals surface area contributed by atoms with Crippen LogP contribution in [0.3, 0.4) is 0 Å². The van der Waals surface area contributed by atoms with Crippen molar-refractivity contribution >= 4 is 0 Å². The van der Waals surface area contributed by atoms with Crippen LogP contribution in [-0.4, -0.2) is 24.5 Å². The van der Waals surface area contributed by atoms with Gasteiger partial charge in [0.05, 0.1) is 5.66 Å². The van der Waals surface area contributed by atoms with Crippen LogP contribution in [0.5, 0.6) is 0 Å². The highest BCUT2D eigenvalue weighted by molar-refractivity contribution is 5.23. The topological polar surface area (TPSA) is 15.3 Å². The second kappa shape index (κ2) is 7.95. The van der Waals surface area contributed by atoms with Crippen LogP contribution in [0.1, 0.15) is 58.4 Å². The van der Waals surface area contributed by atoms with Gasteiger partial charge in [-0.05, 0) is 37.8 Å². The van der Waals surface area contributed by atoms with Crippen LogP contribution in [-0.2, 0) is 5.66 Å². The highest BCUT2D eigenvalue weighted by Gasteiger charge is 2.36. The molecule has 1 heterocycles. The van der Waals surface area contributed by atoms with E-state index in [4.69, 9.17) is 0 Å². The highest BCUT2D eigenvalue weighted by Crippen LogP contribution is 2.30. The van der Waals surface area contributed by atoms with Crippen molar-refractivity contribution in [2.24, 2.45) is 5.92 Å². The van der Waals surface area contributed by atoms with Crippen molar-refractivity contribution in [2.75, 3.05) is 19.6 Å². The highest BCUT2D eigenvalue weighted by atomic mass is 15.3. The summed E-state index contributed by atoms with van der Waals surface area (Å²) in [7, 11) is 0. The molecule has 0 aromatic heterocycles. The van der Waals surface area contributed by atoms with Crippen LogP contribution in [0.15, 0.2) is 30.3 Å². The lowest BCUT2D eigenvalue weighted by Crippen LogP contribution is -2.59. The Morgan fingerprint density at radius 1 is 1.24 bits per heavy atom. The Hall–Kier alpha value is -0.860. The fourth-order valence-corrected chi connectivity index (χ4v) is 3.49. The quantitative estimate of drug-likeness (QED) is 0.801. The Labute approximate surface area is 130 Å². The smallest absolute Gasteiger partial charge is 0.0946 e. The van der Waals surface area contributed by atoms with E-state index in [-0.39, 0.29) is 5.66 Å². The predicted octanol–water partition coefficient (Wildman–Crippen LogP) is 4.37. The van der Waals surface area contributed by atoms with Crippen molar-refractivity contribution < 1.29 is 0 Å². The molecule has 1 aromatic rings. The lowest BCUT2D eigenvalue weighted by molar-refractivity contribution is 0.0222. The number of nitrogens with one attached hydrogen (secondary N) is 1. The van der Waals surface area contributed by atoms with E-state index < -0.39 is 0 Å². The van der Waals surface area contributed by atoms with E-state index >= 15 is 0 Å². The average molecular weight is 288 g/mol. The molecule has 1 fully saturated rings. The Bertz CT molecular complexity index is 403. The van der Waals surface area contributed by atoms with Crippen molar-refractivity contribution in [1.82, 2.24) is 10.2 Å². The third-order valence-electron chi connectivity index (χ3n) is 5.06. The first kappa shape index (κ1) is 16.5. The van der Waals surface area contributed by atoms with Gasteiger partial charge in [-0.1, -0.05) is 63.4 Å². The summed E-state index contributed by atoms with van der Waals surface area (Å²) in [5.74, 6) is 0.827. The molecule has 0 bridgehead atoms. The molecule has 1 N–H and O–H groups in total. The predicted molar refractivity (Wildman–Crippen MR) is 91.3 cm³/mol. The van der Waals surface area contributed by atoms with E-state index in [0.29, 0.717) is 0 Å². The van der Waals surface area contributed by atoms with Crippen molar-refractivity contribution in [3.05, 3.63) is 35.9 Å². The number of hydrogen-bond acceptors (Lipinski definition) is 2. The minimum Gasteiger partial charge on any atom is -0.296 e. The van der Waals surface area contributed by atoms with E-state index in [2.05, 4.69) is 61.3 Å². The summed E-state index contributed by atoms with van der Waals surface area (Å²) in [5, 5.41) is 3.77. The molecule has 0 unspecified atom stereocenters. The van der Waals surface area contributed by atoms with Gasteiger partial charge in [0.2, 0.25) is 0 Å². The van der Waals surface area contributed by atoms with Gasteiger partial charge in [-0.25, -0.2) is 0 Å². The molecule has 0 radical (unpaired) electrons. The molecule has 2 atom stereocenters. The zero-order valence-electron chi connectivity index (χ0n) is 14.1. The zero-order valence-corrected chi connectivity index (χ0v) is 14.1. The Morgan fingerprint density at radius 3 is 2.67 bits per heavy atom. The minimum absolute atomic E-state index is 0.000849. The van der Waals surface area contributed by atoms with Gasteiger partial charge in [0.1, 0.15) is 0 Å². The average Bonchev–Trinajstić information content (AvgIpc) is 2.54. The molecule has 2 rings (SSSR count). The minimum atomic E-state index is -0.000849. The number of rotatable bonds is 7. The fraction of sp³-hybridized carbons (Fsp3) is 0.684. The molecule has 0 spiro atoms. The van der Waals surface area contributed by atoms with Gasteiger partial charge in [-0.15, -0.1) is 0 Å². The normalized spacial score (nSPS) is 24.9. The lowest BCUT2D eigenvalue weighted by Gasteiger charge is -2.47. The van der Waals surface area contributed by atoms with Crippen molar-refractivity contribution in [3.8, 4) is 0 Å². The van der Waals surface area contributed by atoms with E-state index in [1.54, 1.807) is 0 Å². The number of unbranched alkanes of at least 4 members (excludes halogenated alkanes) is 1. The Balaban J connectivity index is 2.11. The molecule has 1 saturated heterocycles. The summed E-state index contributed by atoms with van der Waals surface area (Å²) < 4.78 is 0. The molecular weight excluding hydrogens is 256 g/mol. The standard InChI is InChI=1S/C19H32N2/c1-4-6-11-17(5-2)16-21-15-10-14-20-19(21,3)18-12-8-7-9-13-18/h7-9,12-13,17,20H,4-6,10-11,14-16H2,1-3H3/t17-,19-/m0/s1. The van der Waals surface area contributed by atoms with Crippen LogP contribution in [0.25, 0.3) is 0 Å². The van der Waals surface area contributed by atoms with E-state index in [1.165, 1.54) is 50.8 Å². The summed E-state index contributed by atoms with van der Waals surface area (Å²) in [6.07, 6.45) is 6.59. The van der Waals surface area contributed by atoms with Gasteiger partial charge in [0.25, 0.3) is 0 Å². The molecule has 1 aliphatic rings. The first-order valence-corrected chi connectivity index (χ1v) is 8.76. The maximum atomic E-state index is 3.77. The van der Waals surface area contributed by atoms with Gasteiger partial charge in [0.15, 0.2) is 0 Å². The van der Waals surface area contributed by atoms with Gasteiger partial charge in [-0.3, -0.25) is 10.2 Å². The number of hydrogen-bond donors (Lipinski definition) is 1. The van der Waals surface area contributed by atoms with Gasteiger partial charge >= 0.3 is 0 Å². The van der Waals surface area contributed by atoms with Crippen molar-refractivity contribution in [2.45, 2.75) is 58.5 Å². The summed E-state index contributed by atoms with van der Waals surface area (Å²) in [5.41, 5.74) is 1.40. The molecule has 2 heteroatoms. The molecule has 1 aromatic carbocycles. The van der Waals surface area contributed by atoms with Gasteiger partial charge in [-0.2, -0.15) is 0 Å². The molecule has 2 nitrogen and oxygen atoms in total. The monoisotopic (exact) mass is 288 g/mol. The maximum absolute atomic E-state index is 3.77. The molecule has 1 aliphatic heterocycles. The van der Waals surface area contributed by atoms with Crippen molar-refractivity contribution in [3.63, 3.8) is 0 Å². The molecule has 0 amide bonds. The van der Waals surface area contributed by atoms with E-state index in [1.807, 2.05) is 0 Å². The first-order valence-electron chi connectivity index (χ1n) is 8.76. The lowest BCUT2D eigenvalue weighted by atomic mass is 9.92. The fourth-order valence-electron chi connectivity index (χ4n) is 3.49. The van der Waals surface area contributed by atoms with Gasteiger partial charge in [0, 0.05) is 13.1 Å². The molecule has 0 aliphatic carbocycles. The third kappa shape index (κ3) is 4.08. The summed E-state index contributed by atoms with van der Waals surface area (Å²) >= 11 is 0. The third-order valence-corrected chi connectivity index (χ3v) is 5.06. The van der Waals surface area contributed by atoms with Crippen LogP contribution >= 0.6 is 0 Å². The summed E-state index contributed by atoms with van der Waals surface area (Å²) in [4.78, 5) is 2.68. The first-order chi connectivity index (χ1) is 10.2. The number of nitrogens with zero attached hydrogens (tertiary/aromatic N) is 1. The summed E-state index contributed by atoms with van der Waals surface area (Å²) in [6.45, 7) is 10.5. The number of benzene rings is 1. The van der Waals surface area contributed by atoms with Crippen LogP contribution in [0.4, 0.5) is 0 Å². The van der Waals surface area contributed by atoms with Gasteiger partial charge < -0.3 is 0 Å². The van der Waals surface area contributed by atoms with Crippen molar-refractivity contribution in [1.29, 1.82) is 0 Å². The molecule has 118 valence electrons. The van der Waals surface area contributed by atoms with Crippen LogP contribution < -0.4 is 5.32 Å². The van der Waals surface area contributed by atoms with E-state index in [9.17, 15) is 0 Å². The maximum Gasteiger partial charge on any atom is 0.0946 e. The summed E-state index contributed by atoms with van der Waals surface area (Å²) in [6, 6.07) is 10.9. The molecule has 0 saturated carbocycles. The van der Waals surface area contributed by atoms with E-state index in [0.717, 1.165) is 12.5 Å². The molecular formula is C19H32N2. The van der Waals surface area contributed by atoms with Crippen LogP contribution in [0.2, 0.25) is 0 Å². The Kier molecular flexibility index (Phi) is 6.25. The Morgan fingerprint density at radius 2 is 2.00 bits per heavy atom. The molecule has 21 heavy (non-hydrogen) atoms. The largest absolute Gasteiger partial charge is 0.296 e. The zero-order chi connectivity index (χ0) is 15.1. The second-order valence-electron chi connectivity index (χ2n) is 6.58. The second-order valence-corrected chi connectivity index (χ2v) is 6.58.